The molecule has 0 unspecified atom stereocenters. The van der Waals surface area contributed by atoms with Gasteiger partial charge in [0, 0.05) is 6.20 Å². The molecule has 0 amide bonds. The normalized spacial score (nSPS) is 14.2. The summed E-state index contributed by atoms with van der Waals surface area (Å²) in [6.07, 6.45) is 6.78. The quantitative estimate of drug-likeness (QED) is 0.609. The van der Waals surface area contributed by atoms with Gasteiger partial charge in [-0.15, -0.1) is 0 Å². The van der Waals surface area contributed by atoms with Crippen molar-refractivity contribution in [2.75, 3.05) is 12.4 Å². The van der Waals surface area contributed by atoms with Crippen molar-refractivity contribution in [2.24, 2.45) is 0 Å². The molecule has 1 aliphatic carbocycles. The van der Waals surface area contributed by atoms with Crippen molar-refractivity contribution < 1.29 is 9.53 Å². The highest BCUT2D eigenvalue weighted by Crippen LogP contribution is 2.24. The van der Waals surface area contributed by atoms with Crippen molar-refractivity contribution >= 4 is 17.7 Å². The lowest BCUT2D eigenvalue weighted by Crippen LogP contribution is -2.07. The zero-order chi connectivity index (χ0) is 12.1. The van der Waals surface area contributed by atoms with Crippen molar-refractivity contribution in [1.82, 2.24) is 4.98 Å². The van der Waals surface area contributed by atoms with Crippen LogP contribution in [0.5, 0.6) is 0 Å². The van der Waals surface area contributed by atoms with E-state index in [1.807, 2.05) is 13.1 Å². The van der Waals surface area contributed by atoms with E-state index in [9.17, 15) is 4.79 Å². The SMILES string of the molecule is CCOC(=O)CSc1cc2c(cn1)CCCC2. The molecule has 1 aromatic rings. The minimum absolute atomic E-state index is 0.169. The first kappa shape index (κ1) is 12.4. The molecule has 0 atom stereocenters. The van der Waals surface area contributed by atoms with E-state index in [0.29, 0.717) is 12.4 Å². The number of esters is 1. The molecule has 0 bridgehead atoms. The Balaban J connectivity index is 1.95. The smallest absolute Gasteiger partial charge is 0.316 e. The second-order valence-corrected chi connectivity index (χ2v) is 5.09. The third-order valence-electron chi connectivity index (χ3n) is 2.84. The average molecular weight is 251 g/mol. The maximum Gasteiger partial charge on any atom is 0.316 e. The van der Waals surface area contributed by atoms with Crippen molar-refractivity contribution in [1.29, 1.82) is 0 Å². The van der Waals surface area contributed by atoms with E-state index < -0.39 is 0 Å². The number of rotatable bonds is 4. The van der Waals surface area contributed by atoms with Crippen LogP contribution in [0.4, 0.5) is 0 Å². The minimum atomic E-state index is -0.169. The molecule has 1 aromatic heterocycles. The summed E-state index contributed by atoms with van der Waals surface area (Å²) in [6.45, 7) is 2.26. The second-order valence-electron chi connectivity index (χ2n) is 4.09. The Labute approximate surface area is 106 Å². The molecule has 3 nitrogen and oxygen atoms in total. The van der Waals surface area contributed by atoms with Gasteiger partial charge in [0.1, 0.15) is 0 Å². The molecule has 0 aliphatic heterocycles. The molecular weight excluding hydrogens is 234 g/mol. The predicted octanol–water partition coefficient (Wildman–Crippen LogP) is 2.62. The van der Waals surface area contributed by atoms with Gasteiger partial charge in [0.05, 0.1) is 17.4 Å². The molecular formula is C13H17NO2S. The van der Waals surface area contributed by atoms with Crippen molar-refractivity contribution in [3.63, 3.8) is 0 Å². The van der Waals surface area contributed by atoms with Crippen LogP contribution in [0.15, 0.2) is 17.3 Å². The number of hydrogen-bond acceptors (Lipinski definition) is 4. The topological polar surface area (TPSA) is 39.2 Å². The van der Waals surface area contributed by atoms with E-state index in [1.54, 1.807) is 0 Å². The summed E-state index contributed by atoms with van der Waals surface area (Å²) in [5, 5.41) is 0.929. The molecule has 92 valence electrons. The second kappa shape index (κ2) is 6.05. The minimum Gasteiger partial charge on any atom is -0.465 e. The zero-order valence-electron chi connectivity index (χ0n) is 10.1. The van der Waals surface area contributed by atoms with Crippen molar-refractivity contribution in [3.8, 4) is 0 Å². The summed E-state index contributed by atoms with van der Waals surface area (Å²) in [5.41, 5.74) is 2.77. The van der Waals surface area contributed by atoms with E-state index in [0.717, 1.165) is 17.9 Å². The third kappa shape index (κ3) is 3.46. The van der Waals surface area contributed by atoms with E-state index >= 15 is 0 Å². The fraction of sp³-hybridized carbons (Fsp3) is 0.538. The van der Waals surface area contributed by atoms with E-state index in [4.69, 9.17) is 4.74 Å². The van der Waals surface area contributed by atoms with Crippen LogP contribution in [0.25, 0.3) is 0 Å². The number of ether oxygens (including phenoxy) is 1. The van der Waals surface area contributed by atoms with Crippen LogP contribution in [0, 0.1) is 0 Å². The highest BCUT2D eigenvalue weighted by molar-refractivity contribution is 7.99. The summed E-state index contributed by atoms with van der Waals surface area (Å²) >= 11 is 1.46. The maximum absolute atomic E-state index is 11.2. The molecule has 2 rings (SSSR count). The fourth-order valence-electron chi connectivity index (χ4n) is 2.01. The Kier molecular flexibility index (Phi) is 4.42. The molecule has 0 radical (unpaired) electrons. The molecule has 17 heavy (non-hydrogen) atoms. The number of nitrogens with zero attached hydrogens (tertiary/aromatic N) is 1. The number of thioether (sulfide) groups is 1. The van der Waals surface area contributed by atoms with E-state index in [2.05, 4.69) is 11.1 Å². The van der Waals surface area contributed by atoms with Crippen LogP contribution >= 0.6 is 11.8 Å². The molecule has 4 heteroatoms. The predicted molar refractivity (Wildman–Crippen MR) is 68.2 cm³/mol. The molecule has 0 saturated carbocycles. The molecule has 0 saturated heterocycles. The fourth-order valence-corrected chi connectivity index (χ4v) is 2.71. The van der Waals surface area contributed by atoms with Gasteiger partial charge in [-0.05, 0) is 49.8 Å². The molecule has 1 heterocycles. The standard InChI is InChI=1S/C13H17NO2S/c1-2-16-13(15)9-17-12-7-10-5-3-4-6-11(10)8-14-12/h7-8H,2-6,9H2,1H3. The first-order valence-corrected chi connectivity index (χ1v) is 7.04. The Morgan fingerprint density at radius 2 is 2.18 bits per heavy atom. The Morgan fingerprint density at radius 3 is 2.94 bits per heavy atom. The first-order valence-electron chi connectivity index (χ1n) is 6.06. The number of fused-ring (bicyclic) bond motifs is 1. The van der Waals surface area contributed by atoms with Crippen LogP contribution in [0.2, 0.25) is 0 Å². The van der Waals surface area contributed by atoms with Crippen molar-refractivity contribution in [3.05, 3.63) is 23.4 Å². The molecule has 0 fully saturated rings. The summed E-state index contributed by atoms with van der Waals surface area (Å²) in [6, 6.07) is 2.12. The van der Waals surface area contributed by atoms with Gasteiger partial charge in [-0.25, -0.2) is 4.98 Å². The van der Waals surface area contributed by atoms with Crippen LogP contribution in [-0.2, 0) is 22.4 Å². The van der Waals surface area contributed by atoms with Gasteiger partial charge in [-0.2, -0.15) is 0 Å². The molecule has 0 aromatic carbocycles. The average Bonchev–Trinajstić information content (AvgIpc) is 2.36. The third-order valence-corrected chi connectivity index (χ3v) is 3.74. The van der Waals surface area contributed by atoms with E-state index in [1.165, 1.54) is 35.7 Å². The highest BCUT2D eigenvalue weighted by Gasteiger charge is 2.11. The van der Waals surface area contributed by atoms with E-state index in [-0.39, 0.29) is 5.97 Å². The number of aromatic nitrogens is 1. The summed E-state index contributed by atoms with van der Waals surface area (Å²) in [5.74, 6) is 0.177. The summed E-state index contributed by atoms with van der Waals surface area (Å²) in [4.78, 5) is 15.6. The van der Waals surface area contributed by atoms with Crippen LogP contribution in [-0.4, -0.2) is 23.3 Å². The highest BCUT2D eigenvalue weighted by atomic mass is 32.2. The maximum atomic E-state index is 11.2. The number of hydrogen-bond donors (Lipinski definition) is 0. The van der Waals surface area contributed by atoms with Crippen LogP contribution < -0.4 is 0 Å². The van der Waals surface area contributed by atoms with Gasteiger partial charge in [0.25, 0.3) is 0 Å². The monoisotopic (exact) mass is 251 g/mol. The lowest BCUT2D eigenvalue weighted by molar-refractivity contribution is -0.139. The number of pyridine rings is 1. The van der Waals surface area contributed by atoms with Crippen molar-refractivity contribution in [2.45, 2.75) is 37.6 Å². The summed E-state index contributed by atoms with van der Waals surface area (Å²) < 4.78 is 4.89. The number of carbonyl (C=O) groups is 1. The van der Waals surface area contributed by atoms with Crippen LogP contribution in [0.1, 0.15) is 30.9 Å². The lowest BCUT2D eigenvalue weighted by atomic mass is 9.94. The number of aryl methyl sites for hydroxylation is 2. The Hall–Kier alpha value is -1.03. The Morgan fingerprint density at radius 1 is 1.41 bits per heavy atom. The lowest BCUT2D eigenvalue weighted by Gasteiger charge is -2.15. The Bertz CT molecular complexity index is 406. The van der Waals surface area contributed by atoms with Crippen LogP contribution in [0.3, 0.4) is 0 Å². The van der Waals surface area contributed by atoms with Gasteiger partial charge < -0.3 is 4.74 Å². The van der Waals surface area contributed by atoms with Gasteiger partial charge in [0.2, 0.25) is 0 Å². The molecule has 1 aliphatic rings. The van der Waals surface area contributed by atoms with Gasteiger partial charge in [-0.1, -0.05) is 11.8 Å². The van der Waals surface area contributed by atoms with Gasteiger partial charge in [-0.3, -0.25) is 4.79 Å². The van der Waals surface area contributed by atoms with Gasteiger partial charge >= 0.3 is 5.97 Å². The zero-order valence-corrected chi connectivity index (χ0v) is 10.9. The largest absolute Gasteiger partial charge is 0.465 e. The number of carbonyl (C=O) groups excluding carboxylic acids is 1. The molecule has 0 spiro atoms. The molecule has 0 N–H and O–H groups in total. The first-order chi connectivity index (χ1) is 8.29. The summed E-state index contributed by atoms with van der Waals surface area (Å²) in [7, 11) is 0. The van der Waals surface area contributed by atoms with Gasteiger partial charge in [0.15, 0.2) is 0 Å².